The fourth-order valence-corrected chi connectivity index (χ4v) is 6.02. The summed E-state index contributed by atoms with van der Waals surface area (Å²) in [5.74, 6) is -0.202. The number of likely N-dealkylation sites (tertiary alicyclic amines) is 1. The lowest BCUT2D eigenvalue weighted by molar-refractivity contribution is -0.141. The van der Waals surface area contributed by atoms with E-state index in [-0.39, 0.29) is 36.3 Å². The first-order chi connectivity index (χ1) is 19.5. The van der Waals surface area contributed by atoms with Gasteiger partial charge in [0.2, 0.25) is 11.8 Å². The van der Waals surface area contributed by atoms with Crippen LogP contribution in [0.4, 0.5) is 0 Å². The Balaban J connectivity index is 1.32. The lowest BCUT2D eigenvalue weighted by atomic mass is 10.1. The van der Waals surface area contributed by atoms with Gasteiger partial charge in [0.05, 0.1) is 12.1 Å². The van der Waals surface area contributed by atoms with E-state index in [1.807, 2.05) is 47.4 Å². The molecule has 3 aromatic rings. The third kappa shape index (κ3) is 5.26. The van der Waals surface area contributed by atoms with Crippen LogP contribution in [0.1, 0.15) is 32.7 Å². The lowest BCUT2D eigenvalue weighted by Crippen LogP contribution is -2.61. The van der Waals surface area contributed by atoms with Gasteiger partial charge in [-0.05, 0) is 42.3 Å². The highest BCUT2D eigenvalue weighted by molar-refractivity contribution is 6.31. The maximum absolute atomic E-state index is 14.2. The van der Waals surface area contributed by atoms with Crippen molar-refractivity contribution >= 4 is 29.3 Å². The molecule has 3 aliphatic heterocycles. The number of benzene rings is 2. The van der Waals surface area contributed by atoms with E-state index < -0.39 is 12.1 Å². The fraction of sp³-hybridized carbons (Fsp3) is 0.333. The van der Waals surface area contributed by atoms with E-state index in [1.54, 1.807) is 35.4 Å². The monoisotopic (exact) mass is 559 g/mol. The summed E-state index contributed by atoms with van der Waals surface area (Å²) in [6, 6.07) is 19.0. The normalized spacial score (nSPS) is 23.3. The number of nitrogens with one attached hydrogen (secondary N) is 1. The average molecular weight is 560 g/mol. The number of aromatic nitrogens is 1. The van der Waals surface area contributed by atoms with Crippen molar-refractivity contribution in [2.45, 2.75) is 31.1 Å². The topological polar surface area (TPSA) is 95.1 Å². The number of nitrogens with zero attached hydrogens (tertiary/aromatic N) is 4. The molecule has 3 aliphatic rings. The Labute approximate surface area is 237 Å². The van der Waals surface area contributed by atoms with Gasteiger partial charge >= 0.3 is 0 Å². The minimum Gasteiger partial charge on any atom is -0.475 e. The second-order valence-electron chi connectivity index (χ2n) is 10.4. The zero-order valence-electron chi connectivity index (χ0n) is 21.9. The molecule has 4 heterocycles. The number of ether oxygens (including phenoxy) is 1. The van der Waals surface area contributed by atoms with Crippen LogP contribution in [-0.2, 0) is 11.3 Å². The van der Waals surface area contributed by atoms with Crippen LogP contribution in [0, 0.1) is 0 Å². The molecule has 9 nitrogen and oxygen atoms in total. The smallest absolute Gasteiger partial charge is 0.257 e. The highest BCUT2D eigenvalue weighted by Crippen LogP contribution is 2.28. The molecular weight excluding hydrogens is 530 g/mol. The van der Waals surface area contributed by atoms with E-state index in [2.05, 4.69) is 15.2 Å². The van der Waals surface area contributed by atoms with Crippen LogP contribution >= 0.6 is 11.6 Å². The number of fused-ring (bicyclic) bond motifs is 4. The van der Waals surface area contributed by atoms with Gasteiger partial charge in [0.15, 0.2) is 0 Å². The molecule has 206 valence electrons. The summed E-state index contributed by atoms with van der Waals surface area (Å²) >= 11 is 6.48. The molecule has 10 heteroatoms. The molecule has 6 rings (SSSR count). The molecule has 2 fully saturated rings. The molecular formula is C30H30ClN5O4. The van der Waals surface area contributed by atoms with Gasteiger partial charge in [-0.3, -0.25) is 19.3 Å². The van der Waals surface area contributed by atoms with Crippen molar-refractivity contribution in [2.75, 3.05) is 32.8 Å². The standard InChI is InChI=1S/C30H30ClN5O4/c31-25-11-5-4-9-21(25)16-35-17-22-15-26(35)30(39)36-14-13-34(29(38)20-7-2-1-3-8-20)18-23(36)19-40-28-24(27(37)33-22)10-6-12-32-28/h1-12,22-23,26H,13-19H2,(H,33,37)/t22-,23+,26+/m1/s1. The van der Waals surface area contributed by atoms with Gasteiger partial charge in [-0.15, -0.1) is 0 Å². The first-order valence-corrected chi connectivity index (χ1v) is 13.9. The molecule has 0 spiro atoms. The van der Waals surface area contributed by atoms with Crippen molar-refractivity contribution < 1.29 is 19.1 Å². The third-order valence-electron chi connectivity index (χ3n) is 7.86. The molecule has 0 saturated carbocycles. The van der Waals surface area contributed by atoms with Gasteiger partial charge in [0.25, 0.3) is 11.8 Å². The fourth-order valence-electron chi connectivity index (χ4n) is 5.83. The van der Waals surface area contributed by atoms with Crippen LogP contribution in [0.15, 0.2) is 72.9 Å². The van der Waals surface area contributed by atoms with Crippen molar-refractivity contribution in [3.8, 4) is 5.88 Å². The number of amides is 3. The SMILES string of the molecule is O=C1N[C@@H]2C[C@@H](C(=O)N3CCN(C(=O)c4ccccc4)C[C@H]3COc3ncccc31)N(Cc1ccccc1Cl)C2. The molecule has 1 aromatic heterocycles. The number of halogens is 1. The summed E-state index contributed by atoms with van der Waals surface area (Å²) in [7, 11) is 0. The minimum absolute atomic E-state index is 0.0361. The second kappa shape index (κ2) is 11.3. The number of carbonyl (C=O) groups is 3. The number of rotatable bonds is 3. The van der Waals surface area contributed by atoms with Crippen LogP contribution in [0.25, 0.3) is 0 Å². The van der Waals surface area contributed by atoms with E-state index in [1.165, 1.54) is 0 Å². The third-order valence-corrected chi connectivity index (χ3v) is 8.23. The molecule has 0 unspecified atom stereocenters. The van der Waals surface area contributed by atoms with Gasteiger partial charge in [0.1, 0.15) is 12.2 Å². The van der Waals surface area contributed by atoms with Crippen molar-refractivity contribution in [2.24, 2.45) is 0 Å². The maximum atomic E-state index is 14.2. The molecule has 1 N–H and O–H groups in total. The van der Waals surface area contributed by atoms with Gasteiger partial charge in [0, 0.05) is 55.5 Å². The van der Waals surface area contributed by atoms with Crippen LogP contribution in [0.5, 0.6) is 5.88 Å². The summed E-state index contributed by atoms with van der Waals surface area (Å²) in [6.07, 6.45) is 2.05. The summed E-state index contributed by atoms with van der Waals surface area (Å²) in [5.41, 5.74) is 1.87. The van der Waals surface area contributed by atoms with Crippen molar-refractivity contribution in [3.05, 3.63) is 94.6 Å². The highest BCUT2D eigenvalue weighted by atomic mass is 35.5. The summed E-state index contributed by atoms with van der Waals surface area (Å²) < 4.78 is 6.08. The van der Waals surface area contributed by atoms with Crippen molar-refractivity contribution in [3.63, 3.8) is 0 Å². The predicted molar refractivity (Wildman–Crippen MR) is 149 cm³/mol. The predicted octanol–water partition coefficient (Wildman–Crippen LogP) is 2.85. The molecule has 40 heavy (non-hydrogen) atoms. The number of pyridine rings is 1. The minimum atomic E-state index is -0.451. The van der Waals surface area contributed by atoms with Gasteiger partial charge in [-0.25, -0.2) is 4.98 Å². The lowest BCUT2D eigenvalue weighted by Gasteiger charge is -2.43. The van der Waals surface area contributed by atoms with E-state index in [0.717, 1.165) is 5.56 Å². The second-order valence-corrected chi connectivity index (χ2v) is 10.8. The molecule has 3 atom stereocenters. The van der Waals surface area contributed by atoms with Crippen molar-refractivity contribution in [1.82, 2.24) is 25.0 Å². The molecule has 3 amide bonds. The largest absolute Gasteiger partial charge is 0.475 e. The Hall–Kier alpha value is -3.95. The van der Waals surface area contributed by atoms with E-state index in [0.29, 0.717) is 55.3 Å². The Morgan fingerprint density at radius 3 is 2.62 bits per heavy atom. The van der Waals surface area contributed by atoms with Crippen LogP contribution in [0.2, 0.25) is 5.02 Å². The van der Waals surface area contributed by atoms with Gasteiger partial charge in [-0.2, -0.15) is 0 Å². The maximum Gasteiger partial charge on any atom is 0.257 e. The average Bonchev–Trinajstić information content (AvgIpc) is 3.38. The number of hydrogen-bond acceptors (Lipinski definition) is 6. The van der Waals surface area contributed by atoms with Crippen LogP contribution in [-0.4, -0.2) is 88.3 Å². The Bertz CT molecular complexity index is 1420. The molecule has 0 aliphatic carbocycles. The Morgan fingerprint density at radius 2 is 1.80 bits per heavy atom. The van der Waals surface area contributed by atoms with E-state index >= 15 is 0 Å². The van der Waals surface area contributed by atoms with E-state index in [9.17, 15) is 14.4 Å². The number of hydrogen-bond donors (Lipinski definition) is 1. The van der Waals surface area contributed by atoms with Crippen LogP contribution in [0.3, 0.4) is 0 Å². The first-order valence-electron chi connectivity index (χ1n) is 13.5. The Kier molecular flexibility index (Phi) is 7.40. The number of carbonyl (C=O) groups excluding carboxylic acids is 3. The Morgan fingerprint density at radius 1 is 1.00 bits per heavy atom. The summed E-state index contributed by atoms with van der Waals surface area (Å²) in [4.78, 5) is 50.7. The molecule has 0 radical (unpaired) electrons. The van der Waals surface area contributed by atoms with Gasteiger partial charge in [-0.1, -0.05) is 48.0 Å². The first kappa shape index (κ1) is 26.3. The molecule has 2 saturated heterocycles. The number of piperazine rings is 1. The van der Waals surface area contributed by atoms with Crippen LogP contribution < -0.4 is 10.1 Å². The summed E-state index contributed by atoms with van der Waals surface area (Å²) in [5, 5.41) is 3.73. The van der Waals surface area contributed by atoms with E-state index in [4.69, 9.17) is 16.3 Å². The molecule has 2 aromatic carbocycles. The zero-order valence-corrected chi connectivity index (χ0v) is 22.7. The van der Waals surface area contributed by atoms with Crippen molar-refractivity contribution in [1.29, 1.82) is 0 Å². The zero-order chi connectivity index (χ0) is 27.6. The van der Waals surface area contributed by atoms with Gasteiger partial charge < -0.3 is 19.9 Å². The summed E-state index contributed by atoms with van der Waals surface area (Å²) in [6.45, 7) is 2.20. The highest BCUT2D eigenvalue weighted by Gasteiger charge is 2.43. The molecule has 2 bridgehead atoms. The quantitative estimate of drug-likeness (QED) is 0.530.